The van der Waals surface area contributed by atoms with E-state index in [2.05, 4.69) is 39.9 Å². The summed E-state index contributed by atoms with van der Waals surface area (Å²) in [4.78, 5) is 1.25. The predicted molar refractivity (Wildman–Crippen MR) is 83.5 cm³/mol. The second-order valence-corrected chi connectivity index (χ2v) is 7.13. The number of aryl methyl sites for hydroxylation is 1. The average Bonchev–Trinajstić information content (AvgIpc) is 3.40. The van der Waals surface area contributed by atoms with E-state index >= 15 is 0 Å². The summed E-state index contributed by atoms with van der Waals surface area (Å²) in [5.74, 6) is 1.88. The van der Waals surface area contributed by atoms with Gasteiger partial charge in [0.1, 0.15) is 5.82 Å². The Labute approximate surface area is 129 Å². The van der Waals surface area contributed by atoms with Crippen LogP contribution in [0.15, 0.2) is 28.3 Å². The molecule has 0 saturated heterocycles. The topological polar surface area (TPSA) is 56.7 Å². The lowest BCUT2D eigenvalue weighted by Crippen LogP contribution is -2.02. The van der Waals surface area contributed by atoms with E-state index in [4.69, 9.17) is 5.73 Å². The minimum Gasteiger partial charge on any atom is -0.326 e. The maximum absolute atomic E-state index is 5.70. The van der Waals surface area contributed by atoms with Crippen LogP contribution in [-0.2, 0) is 6.54 Å². The molecule has 2 aliphatic rings. The van der Waals surface area contributed by atoms with Crippen LogP contribution in [0.3, 0.4) is 0 Å². The fourth-order valence-electron chi connectivity index (χ4n) is 2.71. The molecule has 2 saturated carbocycles. The lowest BCUT2D eigenvalue weighted by molar-refractivity contribution is 0.627. The highest BCUT2D eigenvalue weighted by Crippen LogP contribution is 2.46. The highest BCUT2D eigenvalue weighted by atomic mass is 32.2. The van der Waals surface area contributed by atoms with Crippen molar-refractivity contribution in [3.63, 3.8) is 0 Å². The van der Waals surface area contributed by atoms with Crippen LogP contribution in [0.1, 0.15) is 54.6 Å². The molecule has 0 radical (unpaired) electrons. The Morgan fingerprint density at radius 3 is 2.67 bits per heavy atom. The quantitative estimate of drug-likeness (QED) is 0.919. The minimum absolute atomic E-state index is 0.593. The van der Waals surface area contributed by atoms with E-state index in [9.17, 15) is 0 Å². The van der Waals surface area contributed by atoms with Crippen molar-refractivity contribution < 1.29 is 0 Å². The van der Waals surface area contributed by atoms with Crippen molar-refractivity contribution in [2.75, 3.05) is 0 Å². The molecule has 1 aromatic heterocycles. The van der Waals surface area contributed by atoms with Crippen molar-refractivity contribution >= 4 is 11.8 Å². The molecule has 2 N–H and O–H groups in total. The fourth-order valence-corrected chi connectivity index (χ4v) is 3.68. The number of benzene rings is 1. The molecule has 0 spiro atoms. The molecule has 4 rings (SSSR count). The molecule has 21 heavy (non-hydrogen) atoms. The van der Waals surface area contributed by atoms with Crippen molar-refractivity contribution in [2.24, 2.45) is 5.73 Å². The van der Waals surface area contributed by atoms with Crippen molar-refractivity contribution in [1.29, 1.82) is 0 Å². The van der Waals surface area contributed by atoms with E-state index < -0.39 is 0 Å². The van der Waals surface area contributed by atoms with E-state index in [1.807, 2.05) is 0 Å². The molecular formula is C16H20N4S. The van der Waals surface area contributed by atoms with Gasteiger partial charge in [0.15, 0.2) is 5.16 Å². The molecule has 0 aliphatic heterocycles. The lowest BCUT2D eigenvalue weighted by atomic mass is 10.1. The third kappa shape index (κ3) is 2.60. The number of hydrogen-bond acceptors (Lipinski definition) is 4. The number of rotatable bonds is 5. The number of nitrogens with two attached hydrogens (primary N) is 1. The van der Waals surface area contributed by atoms with E-state index in [0.29, 0.717) is 18.5 Å². The Hall–Kier alpha value is -1.33. The van der Waals surface area contributed by atoms with Crippen molar-refractivity contribution in [1.82, 2.24) is 14.8 Å². The van der Waals surface area contributed by atoms with Crippen LogP contribution >= 0.6 is 11.8 Å². The van der Waals surface area contributed by atoms with Gasteiger partial charge in [-0.25, -0.2) is 0 Å². The Bertz CT molecular complexity index is 671. The lowest BCUT2D eigenvalue weighted by Gasteiger charge is -2.10. The molecule has 1 heterocycles. The largest absolute Gasteiger partial charge is 0.326 e. The number of hydrogen-bond donors (Lipinski definition) is 1. The first kappa shape index (κ1) is 13.3. The Kier molecular flexibility index (Phi) is 3.27. The highest BCUT2D eigenvalue weighted by molar-refractivity contribution is 7.99. The monoisotopic (exact) mass is 300 g/mol. The van der Waals surface area contributed by atoms with Gasteiger partial charge < -0.3 is 10.3 Å². The molecule has 2 aromatic rings. The van der Waals surface area contributed by atoms with Gasteiger partial charge in [0.25, 0.3) is 0 Å². The van der Waals surface area contributed by atoms with E-state index in [0.717, 1.165) is 5.16 Å². The normalized spacial score (nSPS) is 18.2. The van der Waals surface area contributed by atoms with Gasteiger partial charge in [-0.15, -0.1) is 10.2 Å². The van der Waals surface area contributed by atoms with Crippen LogP contribution in [0.2, 0.25) is 0 Å². The van der Waals surface area contributed by atoms with Crippen LogP contribution in [-0.4, -0.2) is 14.8 Å². The maximum atomic E-state index is 5.70. The Balaban J connectivity index is 1.65. The molecule has 110 valence electrons. The van der Waals surface area contributed by atoms with Crippen molar-refractivity contribution in [3.8, 4) is 0 Å². The molecule has 2 aliphatic carbocycles. The summed E-state index contributed by atoms with van der Waals surface area (Å²) in [5, 5.41) is 10.00. The summed E-state index contributed by atoms with van der Waals surface area (Å²) >= 11 is 1.74. The predicted octanol–water partition coefficient (Wildman–Crippen LogP) is 3.41. The van der Waals surface area contributed by atoms with Gasteiger partial charge >= 0.3 is 0 Å². The first-order valence-corrected chi connectivity index (χ1v) is 8.50. The van der Waals surface area contributed by atoms with E-state index in [-0.39, 0.29) is 0 Å². The van der Waals surface area contributed by atoms with Gasteiger partial charge in [-0.1, -0.05) is 12.1 Å². The van der Waals surface area contributed by atoms with Crippen molar-refractivity contribution in [2.45, 2.75) is 61.2 Å². The molecule has 4 nitrogen and oxygen atoms in total. The smallest absolute Gasteiger partial charge is 0.196 e. The SMILES string of the molecule is Cc1cc(CN)ccc1Sc1nnc(C2CC2)n1C1CC1. The minimum atomic E-state index is 0.593. The van der Waals surface area contributed by atoms with Crippen LogP contribution < -0.4 is 5.73 Å². The zero-order valence-corrected chi connectivity index (χ0v) is 13.1. The van der Waals surface area contributed by atoms with Gasteiger partial charge in [0.05, 0.1) is 0 Å². The second-order valence-electron chi connectivity index (χ2n) is 6.12. The summed E-state index contributed by atoms with van der Waals surface area (Å²) in [7, 11) is 0. The number of aromatic nitrogens is 3. The first-order chi connectivity index (χ1) is 10.3. The standard InChI is InChI=1S/C16H20N4S/c1-10-8-11(9-17)2-7-14(10)21-16-19-18-15(12-3-4-12)20(16)13-5-6-13/h2,7-8,12-13H,3-6,9,17H2,1H3. The summed E-state index contributed by atoms with van der Waals surface area (Å²) < 4.78 is 2.40. The van der Waals surface area contributed by atoms with Gasteiger partial charge in [0, 0.05) is 23.4 Å². The molecule has 5 heteroatoms. The first-order valence-electron chi connectivity index (χ1n) is 7.68. The molecular weight excluding hydrogens is 280 g/mol. The summed E-state index contributed by atoms with van der Waals surface area (Å²) in [6, 6.07) is 7.07. The zero-order chi connectivity index (χ0) is 14.4. The zero-order valence-electron chi connectivity index (χ0n) is 12.2. The Morgan fingerprint density at radius 2 is 2.05 bits per heavy atom. The molecule has 0 atom stereocenters. The van der Waals surface area contributed by atoms with Gasteiger partial charge in [-0.05, 0) is 61.6 Å². The van der Waals surface area contributed by atoms with Gasteiger partial charge in [-0.3, -0.25) is 0 Å². The number of nitrogens with zero attached hydrogens (tertiary/aromatic N) is 3. The summed E-state index contributed by atoms with van der Waals surface area (Å²) in [6.45, 7) is 2.73. The van der Waals surface area contributed by atoms with Gasteiger partial charge in [-0.2, -0.15) is 0 Å². The van der Waals surface area contributed by atoms with E-state index in [1.54, 1.807) is 11.8 Å². The van der Waals surface area contributed by atoms with Crippen LogP contribution in [0.4, 0.5) is 0 Å². The fraction of sp³-hybridized carbons (Fsp3) is 0.500. The molecule has 2 fully saturated rings. The maximum Gasteiger partial charge on any atom is 0.196 e. The van der Waals surface area contributed by atoms with Crippen LogP contribution in [0.25, 0.3) is 0 Å². The third-order valence-electron chi connectivity index (χ3n) is 4.22. The highest BCUT2D eigenvalue weighted by Gasteiger charge is 2.36. The van der Waals surface area contributed by atoms with Crippen molar-refractivity contribution in [3.05, 3.63) is 35.2 Å². The van der Waals surface area contributed by atoms with Gasteiger partial charge in [0.2, 0.25) is 0 Å². The molecule has 0 bridgehead atoms. The molecule has 0 amide bonds. The Morgan fingerprint density at radius 1 is 1.24 bits per heavy atom. The second kappa shape index (κ2) is 5.14. The summed E-state index contributed by atoms with van der Waals surface area (Å²) in [5.41, 5.74) is 8.15. The molecule has 0 unspecified atom stereocenters. The third-order valence-corrected chi connectivity index (χ3v) is 5.36. The van der Waals surface area contributed by atoms with Crippen LogP contribution in [0, 0.1) is 6.92 Å². The van der Waals surface area contributed by atoms with Crippen LogP contribution in [0.5, 0.6) is 0 Å². The molecule has 1 aromatic carbocycles. The summed E-state index contributed by atoms with van der Waals surface area (Å²) in [6.07, 6.45) is 5.10. The average molecular weight is 300 g/mol. The van der Waals surface area contributed by atoms with E-state index in [1.165, 1.54) is 47.5 Å².